The molecule has 6 heteroatoms. The van der Waals surface area contributed by atoms with E-state index >= 15 is 0 Å². The van der Waals surface area contributed by atoms with E-state index in [0.29, 0.717) is 0 Å². The highest BCUT2D eigenvalue weighted by Gasteiger charge is 2.33. The summed E-state index contributed by atoms with van der Waals surface area (Å²) in [5.74, 6) is -1.08. The SMILES string of the molecule is O=C1N/C(=C\c2c(F)cccc2Cl)C(=O)N1Cc1ccccc1. The van der Waals surface area contributed by atoms with Crippen LogP contribution in [0.3, 0.4) is 0 Å². The van der Waals surface area contributed by atoms with Gasteiger partial charge in [-0.05, 0) is 23.8 Å². The Morgan fingerprint density at radius 1 is 1.09 bits per heavy atom. The van der Waals surface area contributed by atoms with Crippen LogP contribution in [-0.2, 0) is 11.3 Å². The van der Waals surface area contributed by atoms with Crippen molar-refractivity contribution < 1.29 is 14.0 Å². The van der Waals surface area contributed by atoms with Crippen LogP contribution in [0.25, 0.3) is 6.08 Å². The molecule has 2 aromatic rings. The predicted octanol–water partition coefficient (Wildman–Crippen LogP) is 3.57. The van der Waals surface area contributed by atoms with Crippen LogP contribution in [0.4, 0.5) is 9.18 Å². The molecule has 1 N–H and O–H groups in total. The molecule has 116 valence electrons. The highest BCUT2D eigenvalue weighted by atomic mass is 35.5. The van der Waals surface area contributed by atoms with E-state index in [-0.39, 0.29) is 22.8 Å². The molecule has 23 heavy (non-hydrogen) atoms. The molecule has 1 aliphatic heterocycles. The molecule has 0 aromatic heterocycles. The van der Waals surface area contributed by atoms with Crippen molar-refractivity contribution in [3.63, 3.8) is 0 Å². The highest BCUT2D eigenvalue weighted by molar-refractivity contribution is 6.32. The molecule has 1 saturated heterocycles. The third-order valence-corrected chi connectivity index (χ3v) is 3.76. The zero-order valence-electron chi connectivity index (χ0n) is 11.9. The van der Waals surface area contributed by atoms with Gasteiger partial charge in [-0.25, -0.2) is 9.18 Å². The first-order chi connectivity index (χ1) is 11.1. The molecule has 1 aliphatic rings. The van der Waals surface area contributed by atoms with Crippen molar-refractivity contribution in [1.82, 2.24) is 10.2 Å². The van der Waals surface area contributed by atoms with Gasteiger partial charge in [0.1, 0.15) is 11.5 Å². The van der Waals surface area contributed by atoms with Gasteiger partial charge in [0.25, 0.3) is 5.91 Å². The smallest absolute Gasteiger partial charge is 0.303 e. The maximum Gasteiger partial charge on any atom is 0.329 e. The minimum atomic E-state index is -0.562. The fraction of sp³-hybridized carbons (Fsp3) is 0.0588. The summed E-state index contributed by atoms with van der Waals surface area (Å²) in [6.07, 6.45) is 1.25. The number of carbonyl (C=O) groups is 2. The number of amides is 3. The zero-order chi connectivity index (χ0) is 16.4. The van der Waals surface area contributed by atoms with Gasteiger partial charge in [-0.3, -0.25) is 9.69 Å². The van der Waals surface area contributed by atoms with Crippen molar-refractivity contribution in [2.75, 3.05) is 0 Å². The zero-order valence-corrected chi connectivity index (χ0v) is 12.7. The van der Waals surface area contributed by atoms with Crippen LogP contribution in [0.2, 0.25) is 5.02 Å². The van der Waals surface area contributed by atoms with E-state index in [1.54, 1.807) is 0 Å². The number of halogens is 2. The lowest BCUT2D eigenvalue weighted by Gasteiger charge is -2.11. The second kappa shape index (κ2) is 6.22. The first kappa shape index (κ1) is 15.2. The van der Waals surface area contributed by atoms with Crippen LogP contribution in [0, 0.1) is 5.82 Å². The number of hydrogen-bond donors (Lipinski definition) is 1. The number of urea groups is 1. The van der Waals surface area contributed by atoms with E-state index in [9.17, 15) is 14.0 Å². The normalized spacial score (nSPS) is 16.1. The first-order valence-corrected chi connectivity index (χ1v) is 7.26. The number of imide groups is 1. The lowest BCUT2D eigenvalue weighted by molar-refractivity contribution is -0.123. The summed E-state index contributed by atoms with van der Waals surface area (Å²) in [6, 6.07) is 12.8. The Hall–Kier alpha value is -2.66. The van der Waals surface area contributed by atoms with E-state index in [2.05, 4.69) is 5.32 Å². The average Bonchev–Trinajstić information content (AvgIpc) is 2.80. The van der Waals surface area contributed by atoms with Crippen LogP contribution in [0.5, 0.6) is 0 Å². The molecule has 0 radical (unpaired) electrons. The van der Waals surface area contributed by atoms with Crippen molar-refractivity contribution in [2.45, 2.75) is 6.54 Å². The lowest BCUT2D eigenvalue weighted by Crippen LogP contribution is -2.30. The van der Waals surface area contributed by atoms with Crippen LogP contribution < -0.4 is 5.32 Å². The van der Waals surface area contributed by atoms with E-state index in [1.165, 1.54) is 24.3 Å². The Balaban J connectivity index is 1.88. The van der Waals surface area contributed by atoms with Crippen molar-refractivity contribution in [3.8, 4) is 0 Å². The van der Waals surface area contributed by atoms with Crippen LogP contribution in [-0.4, -0.2) is 16.8 Å². The molecule has 0 atom stereocenters. The Kier molecular flexibility index (Phi) is 4.12. The standard InChI is InChI=1S/C17H12ClFN2O2/c18-13-7-4-8-14(19)12(13)9-15-16(22)21(17(23)20-15)10-11-5-2-1-3-6-11/h1-9H,10H2,(H,20,23)/b15-9-. The number of nitrogens with one attached hydrogen (secondary N) is 1. The summed E-state index contributed by atoms with van der Waals surface area (Å²) in [6.45, 7) is 0.147. The first-order valence-electron chi connectivity index (χ1n) is 6.89. The topological polar surface area (TPSA) is 49.4 Å². The summed E-state index contributed by atoms with van der Waals surface area (Å²) < 4.78 is 13.8. The lowest BCUT2D eigenvalue weighted by atomic mass is 10.1. The highest BCUT2D eigenvalue weighted by Crippen LogP contribution is 2.23. The maximum absolute atomic E-state index is 13.8. The van der Waals surface area contributed by atoms with Gasteiger partial charge in [0, 0.05) is 5.56 Å². The Bertz CT molecular complexity index is 785. The molecule has 0 unspecified atom stereocenters. The molecule has 1 fully saturated rings. The van der Waals surface area contributed by atoms with Crippen molar-refractivity contribution in [3.05, 3.63) is 76.2 Å². The molecular formula is C17H12ClFN2O2. The minimum Gasteiger partial charge on any atom is -0.303 e. The van der Waals surface area contributed by atoms with Gasteiger partial charge in [-0.15, -0.1) is 0 Å². The number of rotatable bonds is 3. The van der Waals surface area contributed by atoms with E-state index in [1.807, 2.05) is 30.3 Å². The summed E-state index contributed by atoms with van der Waals surface area (Å²) in [4.78, 5) is 25.4. The molecule has 3 rings (SSSR count). The van der Waals surface area contributed by atoms with Gasteiger partial charge < -0.3 is 5.32 Å². The third kappa shape index (κ3) is 3.10. The number of benzene rings is 2. The van der Waals surface area contributed by atoms with E-state index in [4.69, 9.17) is 11.6 Å². The Morgan fingerprint density at radius 3 is 2.52 bits per heavy atom. The molecular weight excluding hydrogens is 319 g/mol. The summed E-state index contributed by atoms with van der Waals surface area (Å²) in [5, 5.41) is 2.62. The van der Waals surface area contributed by atoms with Gasteiger partial charge in [-0.2, -0.15) is 0 Å². The van der Waals surface area contributed by atoms with Crippen LogP contribution in [0.15, 0.2) is 54.2 Å². The van der Waals surface area contributed by atoms with Crippen molar-refractivity contribution >= 4 is 29.6 Å². The van der Waals surface area contributed by atoms with Crippen molar-refractivity contribution in [2.24, 2.45) is 0 Å². The third-order valence-electron chi connectivity index (χ3n) is 3.43. The molecule has 3 amide bonds. The van der Waals surface area contributed by atoms with Gasteiger partial charge in [0.05, 0.1) is 11.6 Å². The van der Waals surface area contributed by atoms with Gasteiger partial charge >= 0.3 is 6.03 Å². The molecule has 1 heterocycles. The summed E-state index contributed by atoms with van der Waals surface area (Å²) in [5.41, 5.74) is 0.887. The van der Waals surface area contributed by atoms with Crippen LogP contribution in [0.1, 0.15) is 11.1 Å². The Labute approximate surface area is 137 Å². The largest absolute Gasteiger partial charge is 0.329 e. The molecule has 0 bridgehead atoms. The maximum atomic E-state index is 13.8. The van der Waals surface area contributed by atoms with Gasteiger partial charge in [0.2, 0.25) is 0 Å². The second-order valence-corrected chi connectivity index (χ2v) is 5.41. The molecule has 4 nitrogen and oxygen atoms in total. The fourth-order valence-electron chi connectivity index (χ4n) is 2.27. The minimum absolute atomic E-state index is 0.00192. The number of hydrogen-bond acceptors (Lipinski definition) is 2. The van der Waals surface area contributed by atoms with E-state index in [0.717, 1.165) is 10.5 Å². The molecule has 2 aromatic carbocycles. The predicted molar refractivity (Wildman–Crippen MR) is 84.9 cm³/mol. The monoisotopic (exact) mass is 330 g/mol. The fourth-order valence-corrected chi connectivity index (χ4v) is 2.49. The average molecular weight is 331 g/mol. The summed E-state index contributed by atoms with van der Waals surface area (Å²) >= 11 is 5.94. The Morgan fingerprint density at radius 2 is 1.83 bits per heavy atom. The van der Waals surface area contributed by atoms with Gasteiger partial charge in [-0.1, -0.05) is 48.0 Å². The molecule has 0 spiro atoms. The quantitative estimate of drug-likeness (QED) is 0.691. The van der Waals surface area contributed by atoms with Crippen LogP contribution >= 0.6 is 11.6 Å². The number of carbonyl (C=O) groups excluding carboxylic acids is 2. The number of nitrogens with zero attached hydrogens (tertiary/aromatic N) is 1. The van der Waals surface area contributed by atoms with Gasteiger partial charge in [0.15, 0.2) is 0 Å². The van der Waals surface area contributed by atoms with E-state index < -0.39 is 17.8 Å². The molecule has 0 aliphatic carbocycles. The van der Waals surface area contributed by atoms with Crippen molar-refractivity contribution in [1.29, 1.82) is 0 Å². The molecule has 0 saturated carbocycles. The second-order valence-electron chi connectivity index (χ2n) is 5.00. The summed E-state index contributed by atoms with van der Waals surface area (Å²) in [7, 11) is 0.